The normalized spacial score (nSPS) is 17.2. The molecule has 0 atom stereocenters. The molecule has 0 aliphatic heterocycles. The summed E-state index contributed by atoms with van der Waals surface area (Å²) in [6.07, 6.45) is 6.02. The van der Waals surface area contributed by atoms with Gasteiger partial charge >= 0.3 is 0 Å². The lowest BCUT2D eigenvalue weighted by Crippen LogP contribution is -2.34. The number of nitrogens with zero attached hydrogens (tertiary/aromatic N) is 3. The number of hydrogen-bond donors (Lipinski definition) is 2. The molecule has 196 valence electrons. The van der Waals surface area contributed by atoms with Gasteiger partial charge in [0.05, 0.1) is 5.52 Å². The first kappa shape index (κ1) is 25.7. The van der Waals surface area contributed by atoms with E-state index in [0.29, 0.717) is 17.9 Å². The molecule has 0 spiro atoms. The van der Waals surface area contributed by atoms with E-state index in [2.05, 4.69) is 47.0 Å². The highest BCUT2D eigenvalue weighted by Gasteiger charge is 2.23. The summed E-state index contributed by atoms with van der Waals surface area (Å²) in [4.78, 5) is 24.7. The van der Waals surface area contributed by atoms with Crippen molar-refractivity contribution in [3.05, 3.63) is 95.6 Å². The average Bonchev–Trinajstić information content (AvgIpc) is 2.96. The number of rotatable bonds is 9. The number of fused-ring (bicyclic) bond motifs is 1. The van der Waals surface area contributed by atoms with Crippen LogP contribution in [0.5, 0.6) is 0 Å². The van der Waals surface area contributed by atoms with Gasteiger partial charge in [-0.05, 0) is 73.8 Å². The fraction of sp³-hybridized carbons (Fsp3) is 0.344. The first-order chi connectivity index (χ1) is 18.6. The fourth-order valence-electron chi connectivity index (χ4n) is 5.37. The van der Waals surface area contributed by atoms with Gasteiger partial charge in [0.2, 0.25) is 5.95 Å². The maximum absolute atomic E-state index is 13.1. The minimum atomic E-state index is 0.0367. The van der Waals surface area contributed by atoms with Crippen LogP contribution in [0, 0.1) is 5.92 Å². The number of para-hydroxylation sites is 1. The average molecular weight is 508 g/mol. The second-order valence-corrected chi connectivity index (χ2v) is 10.5. The van der Waals surface area contributed by atoms with Gasteiger partial charge in [-0.15, -0.1) is 0 Å². The number of amides is 1. The van der Waals surface area contributed by atoms with Crippen molar-refractivity contribution >= 4 is 28.6 Å². The van der Waals surface area contributed by atoms with E-state index in [4.69, 9.17) is 9.97 Å². The zero-order chi connectivity index (χ0) is 26.3. The van der Waals surface area contributed by atoms with E-state index in [1.807, 2.05) is 61.5 Å². The molecular weight excluding hydrogens is 470 g/mol. The highest BCUT2D eigenvalue weighted by atomic mass is 16.1. The number of aryl methyl sites for hydroxylation is 2. The van der Waals surface area contributed by atoms with Crippen LogP contribution < -0.4 is 15.5 Å². The first-order valence-electron chi connectivity index (χ1n) is 13.7. The Morgan fingerprint density at radius 2 is 1.55 bits per heavy atom. The van der Waals surface area contributed by atoms with Crippen LogP contribution in [0.3, 0.4) is 0 Å². The van der Waals surface area contributed by atoms with E-state index in [-0.39, 0.29) is 5.91 Å². The Balaban J connectivity index is 1.13. The van der Waals surface area contributed by atoms with Crippen molar-refractivity contribution in [3.63, 3.8) is 0 Å². The molecule has 5 rings (SSSR count). The second kappa shape index (κ2) is 12.1. The predicted octanol–water partition coefficient (Wildman–Crippen LogP) is 5.88. The molecular formula is C32H37N5O. The van der Waals surface area contributed by atoms with Gasteiger partial charge in [-0.3, -0.25) is 4.79 Å². The van der Waals surface area contributed by atoms with Gasteiger partial charge in [-0.1, -0.05) is 60.7 Å². The molecule has 0 unspecified atom stereocenters. The van der Waals surface area contributed by atoms with E-state index >= 15 is 0 Å². The lowest BCUT2D eigenvalue weighted by Gasteiger charge is -2.29. The van der Waals surface area contributed by atoms with Crippen molar-refractivity contribution in [2.45, 2.75) is 44.6 Å². The third-order valence-corrected chi connectivity index (χ3v) is 7.53. The summed E-state index contributed by atoms with van der Waals surface area (Å²) in [7, 11) is 4.03. The van der Waals surface area contributed by atoms with E-state index in [1.165, 1.54) is 5.56 Å². The Bertz CT molecular complexity index is 1360. The molecule has 1 fully saturated rings. The first-order valence-corrected chi connectivity index (χ1v) is 13.7. The highest BCUT2D eigenvalue weighted by Crippen LogP contribution is 2.28. The zero-order valence-corrected chi connectivity index (χ0v) is 22.4. The summed E-state index contributed by atoms with van der Waals surface area (Å²) < 4.78 is 0. The molecule has 0 radical (unpaired) electrons. The van der Waals surface area contributed by atoms with Crippen LogP contribution in [-0.2, 0) is 12.8 Å². The number of carbonyl (C=O) groups excluding carboxylic acids is 1. The maximum Gasteiger partial charge on any atom is 0.251 e. The Hall–Kier alpha value is -3.93. The summed E-state index contributed by atoms with van der Waals surface area (Å²) in [5.41, 5.74) is 4.15. The summed E-state index contributed by atoms with van der Waals surface area (Å²) in [5.74, 6) is 2.15. The molecule has 1 aromatic heterocycles. The molecule has 6 nitrogen and oxygen atoms in total. The van der Waals surface area contributed by atoms with Gasteiger partial charge < -0.3 is 15.5 Å². The molecule has 3 aromatic carbocycles. The van der Waals surface area contributed by atoms with Crippen LogP contribution in [0.25, 0.3) is 10.9 Å². The third kappa shape index (κ3) is 6.31. The summed E-state index contributed by atoms with van der Waals surface area (Å²) >= 11 is 0. The van der Waals surface area contributed by atoms with E-state index in [0.717, 1.165) is 72.9 Å². The third-order valence-electron chi connectivity index (χ3n) is 7.53. The molecule has 4 aromatic rings. The van der Waals surface area contributed by atoms with E-state index in [9.17, 15) is 4.79 Å². The Morgan fingerprint density at radius 3 is 2.34 bits per heavy atom. The number of hydrogen-bond acceptors (Lipinski definition) is 5. The minimum absolute atomic E-state index is 0.0367. The highest BCUT2D eigenvalue weighted by molar-refractivity contribution is 5.95. The SMILES string of the molecule is CN(C)c1nc(NC2CCC(CNC(=O)c3ccccc3CCc3ccccc3)CC2)nc2ccccc12. The van der Waals surface area contributed by atoms with Gasteiger partial charge in [-0.25, -0.2) is 4.98 Å². The molecule has 0 bridgehead atoms. The van der Waals surface area contributed by atoms with Crippen LogP contribution in [0.15, 0.2) is 78.9 Å². The molecule has 6 heteroatoms. The lowest BCUT2D eigenvalue weighted by atomic mass is 9.86. The van der Waals surface area contributed by atoms with Crippen molar-refractivity contribution in [1.29, 1.82) is 0 Å². The lowest BCUT2D eigenvalue weighted by molar-refractivity contribution is 0.0942. The van der Waals surface area contributed by atoms with Gasteiger partial charge in [0.1, 0.15) is 5.82 Å². The van der Waals surface area contributed by atoms with Gasteiger partial charge in [0.25, 0.3) is 5.91 Å². The van der Waals surface area contributed by atoms with E-state index in [1.54, 1.807) is 0 Å². The predicted molar refractivity (Wildman–Crippen MR) is 156 cm³/mol. The van der Waals surface area contributed by atoms with Gasteiger partial charge in [0, 0.05) is 37.6 Å². The summed E-state index contributed by atoms with van der Waals surface area (Å²) in [6, 6.07) is 26.9. The van der Waals surface area contributed by atoms with Crippen molar-refractivity contribution in [1.82, 2.24) is 15.3 Å². The van der Waals surface area contributed by atoms with Gasteiger partial charge in [-0.2, -0.15) is 4.98 Å². The van der Waals surface area contributed by atoms with Crippen molar-refractivity contribution in [2.75, 3.05) is 30.9 Å². The Morgan fingerprint density at radius 1 is 0.842 bits per heavy atom. The number of aromatic nitrogens is 2. The molecule has 1 aliphatic rings. The number of benzene rings is 3. The van der Waals surface area contributed by atoms with E-state index < -0.39 is 0 Å². The molecule has 1 saturated carbocycles. The Labute approximate surface area is 225 Å². The van der Waals surface area contributed by atoms with Crippen LogP contribution in [0.1, 0.15) is 47.2 Å². The number of anilines is 2. The monoisotopic (exact) mass is 507 g/mol. The summed E-state index contributed by atoms with van der Waals surface area (Å²) in [6.45, 7) is 0.718. The molecule has 1 amide bonds. The van der Waals surface area contributed by atoms with Crippen LogP contribution in [-0.4, -0.2) is 42.6 Å². The number of carbonyl (C=O) groups is 1. The summed E-state index contributed by atoms with van der Waals surface area (Å²) in [5, 5.41) is 7.86. The van der Waals surface area contributed by atoms with Crippen LogP contribution in [0.2, 0.25) is 0 Å². The smallest absolute Gasteiger partial charge is 0.251 e. The molecule has 1 heterocycles. The van der Waals surface area contributed by atoms with Crippen LogP contribution >= 0.6 is 0 Å². The van der Waals surface area contributed by atoms with Gasteiger partial charge in [0.15, 0.2) is 0 Å². The number of nitrogens with one attached hydrogen (secondary N) is 2. The van der Waals surface area contributed by atoms with Crippen molar-refractivity contribution in [2.24, 2.45) is 5.92 Å². The largest absolute Gasteiger partial charge is 0.362 e. The molecule has 1 aliphatic carbocycles. The molecule has 0 saturated heterocycles. The topological polar surface area (TPSA) is 70.2 Å². The van der Waals surface area contributed by atoms with Crippen molar-refractivity contribution < 1.29 is 4.79 Å². The fourth-order valence-corrected chi connectivity index (χ4v) is 5.37. The second-order valence-electron chi connectivity index (χ2n) is 10.5. The molecule has 2 N–H and O–H groups in total. The zero-order valence-electron chi connectivity index (χ0n) is 22.4. The van der Waals surface area contributed by atoms with Crippen molar-refractivity contribution in [3.8, 4) is 0 Å². The minimum Gasteiger partial charge on any atom is -0.362 e. The van der Waals surface area contributed by atoms with Crippen LogP contribution in [0.4, 0.5) is 11.8 Å². The molecule has 38 heavy (non-hydrogen) atoms. The Kier molecular flexibility index (Phi) is 8.17. The standard InChI is InChI=1S/C32H37N5O/c1-37(2)30-28-14-8-9-15-29(28)35-32(36-30)34-26-20-17-24(18-21-26)22-33-31(38)27-13-7-6-12-25(27)19-16-23-10-4-3-5-11-23/h3-15,24,26H,16-22H2,1-2H3,(H,33,38)(H,34,35,36). The maximum atomic E-state index is 13.1. The quantitative estimate of drug-likeness (QED) is 0.296.